The lowest BCUT2D eigenvalue weighted by Crippen LogP contribution is -2.54. The van der Waals surface area contributed by atoms with Crippen molar-refractivity contribution >= 4 is 34.8 Å². The number of benzene rings is 3. The molecule has 0 aliphatic carbocycles. The lowest BCUT2D eigenvalue weighted by Gasteiger charge is -2.34. The van der Waals surface area contributed by atoms with Crippen LogP contribution in [-0.2, 0) is 16.8 Å². The topological polar surface area (TPSA) is 49.8 Å². The Hall–Kier alpha value is -2.95. The van der Waals surface area contributed by atoms with Gasteiger partial charge in [0.2, 0.25) is 5.91 Å². The van der Waals surface area contributed by atoms with Crippen LogP contribution < -0.4 is 9.64 Å². The largest absolute Gasteiger partial charge is 0.487 e. The molecular weight excluding hydrogens is 583 g/mol. The first-order chi connectivity index (χ1) is 18.6. The molecule has 0 bridgehead atoms. The molecule has 1 aliphatic rings. The molecule has 0 spiro atoms. The molecule has 0 saturated carbocycles. The van der Waals surface area contributed by atoms with Gasteiger partial charge in [-0.15, -0.1) is 0 Å². The third-order valence-electron chi connectivity index (χ3n) is 6.85. The normalized spacial score (nSPS) is 17.1. The summed E-state index contributed by atoms with van der Waals surface area (Å²) in [6.45, 7) is 1.58. The second-order valence-corrected chi connectivity index (χ2v) is 10.3. The Balaban J connectivity index is 1.78. The summed E-state index contributed by atoms with van der Waals surface area (Å²) in [5, 5.41) is 10.5. The number of anilines is 1. The number of carbonyl (C=O) groups is 1. The van der Waals surface area contributed by atoms with Crippen molar-refractivity contribution in [1.82, 2.24) is 0 Å². The summed E-state index contributed by atoms with van der Waals surface area (Å²) in [5.74, 6) is -0.900. The highest BCUT2D eigenvalue weighted by atomic mass is 35.5. The Morgan fingerprint density at radius 3 is 2.23 bits per heavy atom. The fourth-order valence-corrected chi connectivity index (χ4v) is 5.10. The van der Waals surface area contributed by atoms with Crippen LogP contribution in [0, 0.1) is 0 Å². The summed E-state index contributed by atoms with van der Waals surface area (Å²) in [6, 6.07) is 15.4. The smallest absolute Gasteiger partial charge is 0.430 e. The third-order valence-corrected chi connectivity index (χ3v) is 7.38. The number of halogens is 8. The number of carbonyl (C=O) groups excluding carboxylic acids is 1. The van der Waals surface area contributed by atoms with Crippen LogP contribution in [0.2, 0.25) is 10.0 Å². The van der Waals surface area contributed by atoms with E-state index in [4.69, 9.17) is 27.9 Å². The Bertz CT molecular complexity index is 1370. The van der Waals surface area contributed by atoms with Crippen LogP contribution in [0.3, 0.4) is 0 Å². The van der Waals surface area contributed by atoms with E-state index in [1.54, 1.807) is 37.3 Å². The maximum absolute atomic E-state index is 13.7. The average molecular weight is 606 g/mol. The minimum Gasteiger partial charge on any atom is -0.487 e. The predicted molar refractivity (Wildman–Crippen MR) is 139 cm³/mol. The molecule has 0 saturated heterocycles. The van der Waals surface area contributed by atoms with Gasteiger partial charge in [-0.05, 0) is 55.2 Å². The molecule has 4 nitrogen and oxygen atoms in total. The van der Waals surface area contributed by atoms with Crippen molar-refractivity contribution in [1.29, 1.82) is 0 Å². The van der Waals surface area contributed by atoms with Gasteiger partial charge in [-0.25, -0.2) is 0 Å². The van der Waals surface area contributed by atoms with Crippen LogP contribution in [-0.4, -0.2) is 36.0 Å². The quantitative estimate of drug-likeness (QED) is 0.301. The van der Waals surface area contributed by atoms with Crippen molar-refractivity contribution in [3.05, 3.63) is 93.5 Å². The van der Waals surface area contributed by atoms with E-state index in [0.717, 1.165) is 6.07 Å². The standard InChI is InChI=1S/C28H23Cl2F6NO3/c1-16(17-5-3-2-4-6-17)25(38)37-15-21(40-24-12-9-20(29)14-22(24)30)10-7-18-13-19(8-11-23(18)37)26(39,27(31,32)33)28(34,35)36/h2-6,8-9,11-14,16,21,39H,7,10,15H2,1H3/t16-,21-/m0/s1. The van der Waals surface area contributed by atoms with Crippen LogP contribution in [0.1, 0.15) is 36.0 Å². The molecule has 0 unspecified atom stereocenters. The van der Waals surface area contributed by atoms with Gasteiger partial charge in [-0.3, -0.25) is 4.79 Å². The highest BCUT2D eigenvalue weighted by Gasteiger charge is 2.71. The van der Waals surface area contributed by atoms with E-state index in [0.29, 0.717) is 22.7 Å². The minimum absolute atomic E-state index is 0.0198. The van der Waals surface area contributed by atoms with Gasteiger partial charge in [0.1, 0.15) is 11.9 Å². The average Bonchev–Trinajstić information content (AvgIpc) is 3.07. The summed E-state index contributed by atoms with van der Waals surface area (Å²) < 4.78 is 87.6. The first-order valence-electron chi connectivity index (χ1n) is 12.1. The molecule has 3 aromatic carbocycles. The first-order valence-corrected chi connectivity index (χ1v) is 12.9. The zero-order chi connectivity index (χ0) is 29.5. The Morgan fingerprint density at radius 1 is 0.975 bits per heavy atom. The molecule has 1 heterocycles. The number of fused-ring (bicyclic) bond motifs is 1. The number of amides is 1. The van der Waals surface area contributed by atoms with Crippen LogP contribution in [0.5, 0.6) is 5.75 Å². The fourth-order valence-electron chi connectivity index (χ4n) is 4.65. The van der Waals surface area contributed by atoms with Crippen molar-refractivity contribution in [2.45, 2.75) is 49.7 Å². The molecule has 0 fully saturated rings. The summed E-state index contributed by atoms with van der Waals surface area (Å²) in [7, 11) is 0. The van der Waals surface area contributed by atoms with Gasteiger partial charge in [0.25, 0.3) is 5.60 Å². The van der Waals surface area contributed by atoms with Gasteiger partial charge in [-0.2, -0.15) is 26.3 Å². The molecule has 214 valence electrons. The molecule has 12 heteroatoms. The first kappa shape index (κ1) is 30.0. The van der Waals surface area contributed by atoms with Crippen molar-refractivity contribution in [3.63, 3.8) is 0 Å². The molecule has 0 aromatic heterocycles. The number of aliphatic hydroxyl groups is 1. The van der Waals surface area contributed by atoms with E-state index in [-0.39, 0.29) is 41.4 Å². The second kappa shape index (κ2) is 11.1. The number of hydrogen-bond donors (Lipinski definition) is 1. The third kappa shape index (κ3) is 5.75. The lowest BCUT2D eigenvalue weighted by molar-refractivity contribution is -0.376. The van der Waals surface area contributed by atoms with Gasteiger partial charge in [-0.1, -0.05) is 65.7 Å². The van der Waals surface area contributed by atoms with Crippen LogP contribution >= 0.6 is 23.2 Å². The zero-order valence-electron chi connectivity index (χ0n) is 20.9. The Morgan fingerprint density at radius 2 is 1.62 bits per heavy atom. The number of ether oxygens (including phenoxy) is 1. The molecule has 1 aliphatic heterocycles. The van der Waals surface area contributed by atoms with Gasteiger partial charge in [0, 0.05) is 16.3 Å². The Labute approximate surface area is 236 Å². The maximum atomic E-state index is 13.7. The highest BCUT2D eigenvalue weighted by molar-refractivity contribution is 6.35. The van der Waals surface area contributed by atoms with Crippen LogP contribution in [0.25, 0.3) is 0 Å². The summed E-state index contributed by atoms with van der Waals surface area (Å²) >= 11 is 12.2. The van der Waals surface area contributed by atoms with Crippen molar-refractivity contribution in [2.24, 2.45) is 0 Å². The number of nitrogens with zero attached hydrogens (tertiary/aromatic N) is 1. The van der Waals surface area contributed by atoms with Gasteiger partial charge >= 0.3 is 12.4 Å². The molecule has 1 N–H and O–H groups in total. The van der Waals surface area contributed by atoms with E-state index in [9.17, 15) is 36.2 Å². The lowest BCUT2D eigenvalue weighted by atomic mass is 9.89. The maximum Gasteiger partial charge on any atom is 0.430 e. The highest BCUT2D eigenvalue weighted by Crippen LogP contribution is 2.51. The van der Waals surface area contributed by atoms with Crippen molar-refractivity contribution in [3.8, 4) is 5.75 Å². The monoisotopic (exact) mass is 605 g/mol. The SMILES string of the molecule is C[C@H](C(=O)N1C[C@@H](Oc2ccc(Cl)cc2Cl)CCc2cc(C(O)(C(F)(F)F)C(F)(F)F)ccc21)c1ccccc1. The van der Waals surface area contributed by atoms with Gasteiger partial charge in [0.15, 0.2) is 0 Å². The summed E-state index contributed by atoms with van der Waals surface area (Å²) in [6.07, 6.45) is -12.7. The molecule has 4 rings (SSSR count). The molecule has 40 heavy (non-hydrogen) atoms. The fraction of sp³-hybridized carbons (Fsp3) is 0.321. The van der Waals surface area contributed by atoms with E-state index in [1.165, 1.54) is 23.1 Å². The van der Waals surface area contributed by atoms with E-state index in [2.05, 4.69) is 0 Å². The molecule has 2 atom stereocenters. The zero-order valence-corrected chi connectivity index (χ0v) is 22.4. The minimum atomic E-state index is -6.04. The molecular formula is C28H23Cl2F6NO3. The molecule has 1 amide bonds. The molecule has 3 aromatic rings. The van der Waals surface area contributed by atoms with Gasteiger partial charge < -0.3 is 14.7 Å². The van der Waals surface area contributed by atoms with Gasteiger partial charge in [0.05, 0.1) is 17.5 Å². The summed E-state index contributed by atoms with van der Waals surface area (Å²) in [5.41, 5.74) is -5.69. The molecule has 0 radical (unpaired) electrons. The van der Waals surface area contributed by atoms with Crippen molar-refractivity contribution < 1.29 is 41.0 Å². The second-order valence-electron chi connectivity index (χ2n) is 9.48. The number of rotatable bonds is 5. The van der Waals surface area contributed by atoms with E-state index < -0.39 is 41.4 Å². The van der Waals surface area contributed by atoms with E-state index in [1.807, 2.05) is 0 Å². The predicted octanol–water partition coefficient (Wildman–Crippen LogP) is 7.84. The van der Waals surface area contributed by atoms with Crippen LogP contribution in [0.4, 0.5) is 32.0 Å². The Kier molecular flexibility index (Phi) is 8.36. The van der Waals surface area contributed by atoms with Crippen molar-refractivity contribution in [2.75, 3.05) is 11.4 Å². The number of hydrogen-bond acceptors (Lipinski definition) is 3. The van der Waals surface area contributed by atoms with Crippen LogP contribution in [0.15, 0.2) is 66.7 Å². The number of aryl methyl sites for hydroxylation is 1. The van der Waals surface area contributed by atoms with E-state index >= 15 is 0 Å². The number of alkyl halides is 6. The summed E-state index contributed by atoms with van der Waals surface area (Å²) in [4.78, 5) is 15.0.